The fourth-order valence-electron chi connectivity index (χ4n) is 2.76. The summed E-state index contributed by atoms with van der Waals surface area (Å²) < 4.78 is 1.18. The van der Waals surface area contributed by atoms with Gasteiger partial charge in [-0.2, -0.15) is 0 Å². The van der Waals surface area contributed by atoms with Gasteiger partial charge in [-0.05, 0) is 30.7 Å². The SMILES string of the molecule is c1nc(NC2CCN(C3CC3)C2)c2sccc2n1. The zero-order valence-corrected chi connectivity index (χ0v) is 11.0. The lowest BCUT2D eigenvalue weighted by Crippen LogP contribution is -2.28. The molecule has 1 saturated carbocycles. The summed E-state index contributed by atoms with van der Waals surface area (Å²) in [5, 5.41) is 5.68. The Labute approximate surface area is 110 Å². The molecule has 5 heteroatoms. The largest absolute Gasteiger partial charge is 0.365 e. The lowest BCUT2D eigenvalue weighted by molar-refractivity contribution is 0.326. The number of rotatable bonds is 3. The van der Waals surface area contributed by atoms with Crippen LogP contribution in [0.3, 0.4) is 0 Å². The van der Waals surface area contributed by atoms with Crippen molar-refractivity contribution in [3.05, 3.63) is 17.8 Å². The van der Waals surface area contributed by atoms with E-state index in [0.29, 0.717) is 6.04 Å². The third-order valence-electron chi connectivity index (χ3n) is 3.87. The highest BCUT2D eigenvalue weighted by Crippen LogP contribution is 2.31. The van der Waals surface area contributed by atoms with E-state index < -0.39 is 0 Å². The topological polar surface area (TPSA) is 41.1 Å². The Kier molecular flexibility index (Phi) is 2.48. The first kappa shape index (κ1) is 10.7. The highest BCUT2D eigenvalue weighted by molar-refractivity contribution is 7.17. The summed E-state index contributed by atoms with van der Waals surface area (Å²) in [5.74, 6) is 1.01. The maximum absolute atomic E-state index is 4.40. The molecule has 1 atom stereocenters. The molecule has 0 aromatic carbocycles. The van der Waals surface area contributed by atoms with Crippen LogP contribution in [-0.4, -0.2) is 40.0 Å². The fraction of sp³-hybridized carbons (Fsp3) is 0.538. The van der Waals surface area contributed by atoms with E-state index in [1.807, 2.05) is 0 Å². The van der Waals surface area contributed by atoms with E-state index in [1.54, 1.807) is 17.7 Å². The van der Waals surface area contributed by atoms with Crippen molar-refractivity contribution < 1.29 is 0 Å². The van der Waals surface area contributed by atoms with Gasteiger partial charge in [0.15, 0.2) is 0 Å². The smallest absolute Gasteiger partial charge is 0.147 e. The van der Waals surface area contributed by atoms with Gasteiger partial charge in [0.1, 0.15) is 12.1 Å². The minimum Gasteiger partial charge on any atom is -0.365 e. The van der Waals surface area contributed by atoms with Crippen molar-refractivity contribution in [2.75, 3.05) is 18.4 Å². The molecule has 3 heterocycles. The number of thiophene rings is 1. The molecule has 4 rings (SSSR count). The second-order valence-electron chi connectivity index (χ2n) is 5.21. The number of aromatic nitrogens is 2. The summed E-state index contributed by atoms with van der Waals surface area (Å²) in [7, 11) is 0. The predicted octanol–water partition coefficient (Wildman–Crippen LogP) is 2.34. The standard InChI is InChI=1S/C13H16N4S/c1-2-10(1)17-5-3-9(7-17)16-13-12-11(4-6-18-12)14-8-15-13/h4,6,8-10H,1-3,5,7H2,(H,14,15,16). The van der Waals surface area contributed by atoms with Crippen LogP contribution in [0.15, 0.2) is 17.8 Å². The lowest BCUT2D eigenvalue weighted by Gasteiger charge is -2.16. The number of nitrogens with zero attached hydrogens (tertiary/aromatic N) is 3. The van der Waals surface area contributed by atoms with E-state index in [9.17, 15) is 0 Å². The van der Waals surface area contributed by atoms with Crippen molar-refractivity contribution in [3.8, 4) is 0 Å². The number of hydrogen-bond acceptors (Lipinski definition) is 5. The number of nitrogens with one attached hydrogen (secondary N) is 1. The molecule has 2 aliphatic rings. The normalized spacial score (nSPS) is 24.8. The molecule has 4 nitrogen and oxygen atoms in total. The van der Waals surface area contributed by atoms with Crippen molar-refractivity contribution in [1.29, 1.82) is 0 Å². The molecule has 0 bridgehead atoms. The first-order chi connectivity index (χ1) is 8.90. The van der Waals surface area contributed by atoms with Crippen molar-refractivity contribution in [1.82, 2.24) is 14.9 Å². The van der Waals surface area contributed by atoms with E-state index in [0.717, 1.165) is 17.4 Å². The monoisotopic (exact) mass is 260 g/mol. The molecular weight excluding hydrogens is 244 g/mol. The van der Waals surface area contributed by atoms with Gasteiger partial charge in [0.05, 0.1) is 10.2 Å². The maximum Gasteiger partial charge on any atom is 0.147 e. The van der Waals surface area contributed by atoms with E-state index in [-0.39, 0.29) is 0 Å². The average Bonchev–Trinajstić information content (AvgIpc) is 2.94. The first-order valence-electron chi connectivity index (χ1n) is 6.59. The van der Waals surface area contributed by atoms with Crippen LogP contribution in [0.25, 0.3) is 10.2 Å². The minimum atomic E-state index is 0.547. The molecule has 0 amide bonds. The van der Waals surface area contributed by atoms with Gasteiger partial charge in [-0.3, -0.25) is 4.90 Å². The van der Waals surface area contributed by atoms with Gasteiger partial charge in [0.25, 0.3) is 0 Å². The molecule has 2 aromatic rings. The number of fused-ring (bicyclic) bond motifs is 1. The Bertz CT molecular complexity index is 563. The molecule has 0 radical (unpaired) electrons. The van der Waals surface area contributed by atoms with Crippen molar-refractivity contribution >= 4 is 27.4 Å². The molecule has 0 spiro atoms. The predicted molar refractivity (Wildman–Crippen MR) is 74.0 cm³/mol. The molecular formula is C13H16N4S. The molecule has 1 unspecified atom stereocenters. The van der Waals surface area contributed by atoms with E-state index in [4.69, 9.17) is 0 Å². The summed E-state index contributed by atoms with van der Waals surface area (Å²) in [6.07, 6.45) is 5.68. The van der Waals surface area contributed by atoms with Crippen LogP contribution in [0.2, 0.25) is 0 Å². The second-order valence-corrected chi connectivity index (χ2v) is 6.13. The van der Waals surface area contributed by atoms with Gasteiger partial charge < -0.3 is 5.32 Å². The number of likely N-dealkylation sites (tertiary alicyclic amines) is 1. The van der Waals surface area contributed by atoms with Crippen molar-refractivity contribution in [2.24, 2.45) is 0 Å². The lowest BCUT2D eigenvalue weighted by atomic mass is 10.2. The Morgan fingerprint density at radius 2 is 2.22 bits per heavy atom. The minimum absolute atomic E-state index is 0.547. The van der Waals surface area contributed by atoms with E-state index in [1.165, 1.54) is 37.1 Å². The Hall–Kier alpha value is -1.20. The van der Waals surface area contributed by atoms with Gasteiger partial charge in [-0.1, -0.05) is 0 Å². The molecule has 1 aliphatic heterocycles. The number of hydrogen-bond donors (Lipinski definition) is 1. The summed E-state index contributed by atoms with van der Waals surface area (Å²) >= 11 is 1.72. The highest BCUT2D eigenvalue weighted by Gasteiger charge is 2.34. The zero-order chi connectivity index (χ0) is 11.9. The van der Waals surface area contributed by atoms with Gasteiger partial charge in [0.2, 0.25) is 0 Å². The van der Waals surface area contributed by atoms with Crippen LogP contribution >= 0.6 is 11.3 Å². The van der Waals surface area contributed by atoms with Gasteiger partial charge in [-0.15, -0.1) is 11.3 Å². The Morgan fingerprint density at radius 3 is 3.11 bits per heavy atom. The molecule has 1 aliphatic carbocycles. The van der Waals surface area contributed by atoms with Gasteiger partial charge >= 0.3 is 0 Å². The molecule has 2 fully saturated rings. The second kappa shape index (κ2) is 4.17. The van der Waals surface area contributed by atoms with Crippen molar-refractivity contribution in [2.45, 2.75) is 31.3 Å². The van der Waals surface area contributed by atoms with Gasteiger partial charge in [0, 0.05) is 25.2 Å². The van der Waals surface area contributed by atoms with Crippen molar-refractivity contribution in [3.63, 3.8) is 0 Å². The van der Waals surface area contributed by atoms with E-state index in [2.05, 4.69) is 31.6 Å². The third kappa shape index (κ3) is 1.87. The van der Waals surface area contributed by atoms with Crippen LogP contribution in [0.4, 0.5) is 5.82 Å². The summed E-state index contributed by atoms with van der Waals surface area (Å²) in [6, 6.07) is 3.48. The molecule has 1 saturated heterocycles. The first-order valence-corrected chi connectivity index (χ1v) is 7.47. The average molecular weight is 260 g/mol. The zero-order valence-electron chi connectivity index (χ0n) is 10.2. The summed E-state index contributed by atoms with van der Waals surface area (Å²) in [6.45, 7) is 2.41. The van der Waals surface area contributed by atoms with Crippen LogP contribution in [0.1, 0.15) is 19.3 Å². The molecule has 1 N–H and O–H groups in total. The summed E-state index contributed by atoms with van der Waals surface area (Å²) in [5.41, 5.74) is 1.05. The Morgan fingerprint density at radius 1 is 1.28 bits per heavy atom. The Balaban J connectivity index is 1.52. The van der Waals surface area contributed by atoms with Crippen LogP contribution in [0, 0.1) is 0 Å². The maximum atomic E-state index is 4.40. The quantitative estimate of drug-likeness (QED) is 0.919. The molecule has 18 heavy (non-hydrogen) atoms. The highest BCUT2D eigenvalue weighted by atomic mass is 32.1. The fourth-order valence-corrected chi connectivity index (χ4v) is 3.56. The van der Waals surface area contributed by atoms with Crippen LogP contribution in [0.5, 0.6) is 0 Å². The van der Waals surface area contributed by atoms with Crippen LogP contribution < -0.4 is 5.32 Å². The van der Waals surface area contributed by atoms with Crippen LogP contribution in [-0.2, 0) is 0 Å². The van der Waals surface area contributed by atoms with E-state index >= 15 is 0 Å². The third-order valence-corrected chi connectivity index (χ3v) is 4.78. The van der Waals surface area contributed by atoms with Gasteiger partial charge in [-0.25, -0.2) is 9.97 Å². The summed E-state index contributed by atoms with van der Waals surface area (Å²) in [4.78, 5) is 11.3. The molecule has 2 aromatic heterocycles. The number of anilines is 1. The molecule has 94 valence electrons.